The van der Waals surface area contributed by atoms with Crippen molar-refractivity contribution in [3.63, 3.8) is 0 Å². The van der Waals surface area contributed by atoms with E-state index in [2.05, 4.69) is 164 Å². The number of imidazole rings is 1. The Labute approximate surface area is 452 Å². The van der Waals surface area contributed by atoms with Crippen molar-refractivity contribution >= 4 is 11.0 Å². The van der Waals surface area contributed by atoms with Gasteiger partial charge < -0.3 is 5.11 Å². The second-order valence-corrected chi connectivity index (χ2v) is 19.8. The molecule has 0 bridgehead atoms. The topological polar surface area (TPSA) is 50.9 Å². The molecule has 1 fully saturated rings. The number of benzene rings is 9. The van der Waals surface area contributed by atoms with E-state index in [0.717, 1.165) is 104 Å². The van der Waals surface area contributed by atoms with Crippen LogP contribution in [0.3, 0.4) is 0 Å². The Hall–Kier alpha value is -7.91. The van der Waals surface area contributed by atoms with Gasteiger partial charge in [-0.15, -0.1) is 23.8 Å². The summed E-state index contributed by atoms with van der Waals surface area (Å²) in [5, 5.41) is 12.5. The molecule has 74 heavy (non-hydrogen) atoms. The number of para-hydroxylation sites is 2. The van der Waals surface area contributed by atoms with Crippen molar-refractivity contribution in [2.24, 2.45) is 5.92 Å². The number of hydrogen-bond donors (Lipinski definition) is 1. The molecule has 11 aromatic rings. The molecular weight excluding hydrogens is 1080 g/mol. The van der Waals surface area contributed by atoms with Crippen LogP contribution in [0.2, 0.25) is 0 Å². The van der Waals surface area contributed by atoms with E-state index < -0.39 is 6.37 Å². The first-order chi connectivity index (χ1) is 36.6. The minimum absolute atomic E-state index is 0. The smallest absolute Gasteiger partial charge is 0.148 e. The van der Waals surface area contributed by atoms with Gasteiger partial charge in [-0.2, -0.15) is 0 Å². The third-order valence-corrected chi connectivity index (χ3v) is 14.8. The van der Waals surface area contributed by atoms with Crippen molar-refractivity contribution < 1.29 is 28.9 Å². The second-order valence-electron chi connectivity index (χ2n) is 19.8. The van der Waals surface area contributed by atoms with Gasteiger partial charge >= 0.3 is 0 Å². The Morgan fingerprint density at radius 1 is 0.541 bits per heavy atom. The van der Waals surface area contributed by atoms with Crippen molar-refractivity contribution in [2.75, 3.05) is 0 Å². The number of fused-ring (bicyclic) bond motifs is 1. The molecule has 0 radical (unpaired) electrons. The Balaban J connectivity index is 0.00000616. The summed E-state index contributed by atoms with van der Waals surface area (Å²) in [6.07, 6.45) is 4.22. The zero-order valence-electron chi connectivity index (χ0n) is 43.5. The van der Waals surface area contributed by atoms with Gasteiger partial charge in [-0.3, -0.25) is 9.55 Å². The molecule has 2 heterocycles. The fourth-order valence-corrected chi connectivity index (χ4v) is 10.8. The van der Waals surface area contributed by atoms with E-state index in [4.69, 9.17) is 9.97 Å². The molecule has 1 aliphatic carbocycles. The molecule has 2 aromatic heterocycles. The van der Waals surface area contributed by atoms with Gasteiger partial charge in [0.15, 0.2) is 0 Å². The van der Waals surface area contributed by atoms with E-state index >= 15 is 0 Å². The minimum atomic E-state index is -1.51. The van der Waals surface area contributed by atoms with Crippen molar-refractivity contribution in [3.05, 3.63) is 253 Å². The van der Waals surface area contributed by atoms with Crippen LogP contribution in [0.1, 0.15) is 59.0 Å². The van der Waals surface area contributed by atoms with E-state index in [1.807, 2.05) is 91.1 Å². The van der Waals surface area contributed by atoms with E-state index in [0.29, 0.717) is 22.5 Å². The summed E-state index contributed by atoms with van der Waals surface area (Å²) < 4.78 is 21.2. The van der Waals surface area contributed by atoms with E-state index in [-0.39, 0.29) is 38.1 Å². The predicted octanol–water partition coefficient (Wildman–Crippen LogP) is 17.7. The molecule has 1 saturated carbocycles. The van der Waals surface area contributed by atoms with Crippen LogP contribution in [0.4, 0.5) is 0 Å². The van der Waals surface area contributed by atoms with Crippen LogP contribution < -0.4 is 0 Å². The van der Waals surface area contributed by atoms with Gasteiger partial charge in [0.2, 0.25) is 0 Å². The Morgan fingerprint density at radius 3 is 1.85 bits per heavy atom. The monoisotopic (exact) mass is 1140 g/mol. The van der Waals surface area contributed by atoms with E-state index in [1.54, 1.807) is 0 Å². The first-order valence-electron chi connectivity index (χ1n) is 26.5. The summed E-state index contributed by atoms with van der Waals surface area (Å²) in [6.45, 7) is 4.55. The number of aromatic nitrogens is 3. The normalized spacial score (nSPS) is 13.3. The largest absolute Gasteiger partial charge is 0.507 e. The SMILES string of the molecule is [2H]C([2H])(c1ccc(-n2c(-c3cccc(-c4ccccc4)c3O)nc3c(-c4[c-]c(-c5cc(-c6cccc(C(C)(C)c7ccccc7)c6)ccn5)cc(-c5ccccc5)c4)cccc32)c(-c2ccccc2)c1)C1CCCC1.[Pt]. The molecule has 0 saturated heterocycles. The maximum Gasteiger partial charge on any atom is 0.148 e. The number of phenolic OH excluding ortho intramolecular Hbond substituents is 1. The Bertz CT molecular complexity index is 3850. The Morgan fingerprint density at radius 2 is 1.12 bits per heavy atom. The minimum Gasteiger partial charge on any atom is -0.507 e. The van der Waals surface area contributed by atoms with Crippen LogP contribution in [0.25, 0.3) is 95.0 Å². The van der Waals surface area contributed by atoms with Crippen molar-refractivity contribution in [3.8, 4) is 89.7 Å². The van der Waals surface area contributed by atoms with Crippen molar-refractivity contribution in [1.82, 2.24) is 14.5 Å². The van der Waals surface area contributed by atoms with Crippen LogP contribution in [0, 0.1) is 12.0 Å². The summed E-state index contributed by atoms with van der Waals surface area (Å²) >= 11 is 0. The van der Waals surface area contributed by atoms with E-state index in [9.17, 15) is 7.85 Å². The predicted molar refractivity (Wildman–Crippen MR) is 302 cm³/mol. The van der Waals surface area contributed by atoms with Gasteiger partial charge in [-0.25, -0.2) is 4.98 Å². The second kappa shape index (κ2) is 20.9. The van der Waals surface area contributed by atoms with Gasteiger partial charge in [0.05, 0.1) is 22.3 Å². The van der Waals surface area contributed by atoms with Crippen LogP contribution in [-0.4, -0.2) is 19.6 Å². The van der Waals surface area contributed by atoms with Gasteiger partial charge in [-0.05, 0) is 87.1 Å². The summed E-state index contributed by atoms with van der Waals surface area (Å²) in [6, 6.07) is 80.7. The molecule has 0 amide bonds. The standard InChI is InChI=1S/C69H56N3O.Pt/c1-69(2,57-29-13-6-14-30-57)58-31-17-28-52(45-58)53-38-39-70-63(46-53)56-43-54(49-22-7-3-8-23-49)42-55(44-56)59-32-19-35-65-66(59)71-68(61-34-18-33-60(67(61)73)50-24-9-4-10-25-50)72(65)64-37-36-48(40-47-20-15-16-21-47)41-62(64)51-26-11-5-12-27-51;/h3-14,17-19,22-39,41-43,45-47,73H,15-16,20-21,40H2,1-2H3;/q-1;/i40D2;. The molecule has 0 spiro atoms. The summed E-state index contributed by atoms with van der Waals surface area (Å²) in [4.78, 5) is 10.6. The number of nitrogens with zero attached hydrogens (tertiary/aromatic N) is 3. The summed E-state index contributed by atoms with van der Waals surface area (Å²) in [7, 11) is 0. The van der Waals surface area contributed by atoms with E-state index in [1.165, 1.54) is 11.1 Å². The molecule has 4 nitrogen and oxygen atoms in total. The van der Waals surface area contributed by atoms with Gasteiger partial charge in [0.25, 0.3) is 0 Å². The number of hydrogen-bond acceptors (Lipinski definition) is 3. The first kappa shape index (κ1) is 45.9. The third kappa shape index (κ3) is 9.47. The fraction of sp³-hybridized carbons (Fsp3) is 0.130. The molecule has 0 aliphatic heterocycles. The molecule has 9 aromatic carbocycles. The number of aromatic hydroxyl groups is 1. The first-order valence-corrected chi connectivity index (χ1v) is 25.5. The molecule has 12 rings (SSSR count). The quantitative estimate of drug-likeness (QED) is 0.124. The Kier molecular flexibility index (Phi) is 13.0. The van der Waals surface area contributed by atoms with Crippen LogP contribution in [0.15, 0.2) is 231 Å². The van der Waals surface area contributed by atoms with Gasteiger partial charge in [0.1, 0.15) is 11.6 Å². The zero-order valence-corrected chi connectivity index (χ0v) is 43.7. The average Bonchev–Trinajstić information content (AvgIpc) is 4.22. The molecule has 5 heteroatoms. The molecule has 364 valence electrons. The zero-order chi connectivity index (χ0) is 51.1. The van der Waals surface area contributed by atoms with Gasteiger partial charge in [-0.1, -0.05) is 238 Å². The van der Waals surface area contributed by atoms with Crippen LogP contribution >= 0.6 is 0 Å². The maximum atomic E-state index is 12.5. The van der Waals surface area contributed by atoms with Crippen LogP contribution in [-0.2, 0) is 32.9 Å². The fourth-order valence-electron chi connectivity index (χ4n) is 10.8. The average molecular weight is 1140 g/mol. The summed E-state index contributed by atoms with van der Waals surface area (Å²) in [5.74, 6) is 0.631. The van der Waals surface area contributed by atoms with Gasteiger partial charge in [0, 0.05) is 52.2 Å². The van der Waals surface area contributed by atoms with Crippen LogP contribution in [0.5, 0.6) is 5.75 Å². The molecule has 1 aliphatic rings. The molecule has 0 atom stereocenters. The molecular formula is C69H56N3OPt-. The van der Waals surface area contributed by atoms with Crippen molar-refractivity contribution in [1.29, 1.82) is 0 Å². The molecule has 0 unspecified atom stereocenters. The summed E-state index contributed by atoms with van der Waals surface area (Å²) in [5.41, 5.74) is 16.9. The number of rotatable bonds is 12. The maximum absolute atomic E-state index is 12.5. The van der Waals surface area contributed by atoms with Crippen molar-refractivity contribution in [2.45, 2.75) is 51.3 Å². The third-order valence-electron chi connectivity index (χ3n) is 14.8. The number of pyridine rings is 1. The molecule has 1 N–H and O–H groups in total. The number of phenols is 1.